The lowest BCUT2D eigenvalue weighted by molar-refractivity contribution is -0.146. The van der Waals surface area contributed by atoms with Gasteiger partial charge < -0.3 is 19.5 Å². The molecule has 1 N–H and O–H groups in total. The molecule has 2 atom stereocenters. The molecule has 1 aromatic rings. The van der Waals surface area contributed by atoms with Crippen LogP contribution in [0.4, 0.5) is 0 Å². The van der Waals surface area contributed by atoms with Gasteiger partial charge in [-0.1, -0.05) is 6.07 Å². The van der Waals surface area contributed by atoms with Crippen LogP contribution in [0.25, 0.3) is 0 Å². The second-order valence-corrected chi connectivity index (χ2v) is 6.73. The van der Waals surface area contributed by atoms with Gasteiger partial charge in [0, 0.05) is 20.1 Å². The van der Waals surface area contributed by atoms with Crippen LogP contribution in [0.5, 0.6) is 11.5 Å². The summed E-state index contributed by atoms with van der Waals surface area (Å²) in [6, 6.07) is 5.23. The van der Waals surface area contributed by atoms with E-state index in [-0.39, 0.29) is 11.9 Å². The van der Waals surface area contributed by atoms with Crippen molar-refractivity contribution in [2.75, 3.05) is 34.4 Å². The van der Waals surface area contributed by atoms with E-state index in [1.807, 2.05) is 30.0 Å². The zero-order valence-electron chi connectivity index (χ0n) is 15.9. The third-order valence-corrected chi connectivity index (χ3v) is 4.95. The van der Waals surface area contributed by atoms with Crippen molar-refractivity contribution in [2.24, 2.45) is 5.92 Å². The van der Waals surface area contributed by atoms with Crippen molar-refractivity contribution in [2.45, 2.75) is 32.4 Å². The highest BCUT2D eigenvalue weighted by atomic mass is 16.5. The zero-order chi connectivity index (χ0) is 19.3. The first kappa shape index (κ1) is 20.0. The van der Waals surface area contributed by atoms with Crippen LogP contribution in [0.1, 0.15) is 25.3 Å². The summed E-state index contributed by atoms with van der Waals surface area (Å²) in [5.41, 5.74) is 0.938. The fourth-order valence-electron chi connectivity index (χ4n) is 3.37. The summed E-state index contributed by atoms with van der Waals surface area (Å²) in [5.74, 6) is 0.0693. The fraction of sp³-hybridized carbons (Fsp3) is 0.579. The molecule has 1 fully saturated rings. The van der Waals surface area contributed by atoms with Crippen molar-refractivity contribution in [3.05, 3.63) is 23.8 Å². The predicted octanol–water partition coefficient (Wildman–Crippen LogP) is 1.85. The number of carbonyl (C=O) groups excluding carboxylic acids is 1. The largest absolute Gasteiger partial charge is 0.493 e. The highest BCUT2D eigenvalue weighted by Gasteiger charge is 2.31. The minimum atomic E-state index is -0.784. The third-order valence-electron chi connectivity index (χ3n) is 4.95. The lowest BCUT2D eigenvalue weighted by atomic mass is 9.97. The average molecular weight is 364 g/mol. The van der Waals surface area contributed by atoms with Crippen molar-refractivity contribution in [3.63, 3.8) is 0 Å². The third kappa shape index (κ3) is 4.66. The van der Waals surface area contributed by atoms with Gasteiger partial charge >= 0.3 is 5.97 Å². The van der Waals surface area contributed by atoms with Crippen LogP contribution in [0.3, 0.4) is 0 Å². The number of ether oxygens (including phenoxy) is 2. The molecule has 1 aliphatic rings. The lowest BCUT2D eigenvalue weighted by Gasteiger charge is -2.36. The van der Waals surface area contributed by atoms with E-state index in [1.165, 1.54) is 0 Å². The molecule has 26 heavy (non-hydrogen) atoms. The Bertz CT molecular complexity index is 649. The average Bonchev–Trinajstić information content (AvgIpc) is 2.66. The molecular weight excluding hydrogens is 336 g/mol. The first-order valence-electron chi connectivity index (χ1n) is 8.80. The van der Waals surface area contributed by atoms with Crippen molar-refractivity contribution in [3.8, 4) is 11.5 Å². The zero-order valence-corrected chi connectivity index (χ0v) is 15.9. The highest BCUT2D eigenvalue weighted by molar-refractivity contribution is 5.81. The Morgan fingerprint density at radius 1 is 1.31 bits per heavy atom. The summed E-state index contributed by atoms with van der Waals surface area (Å²) >= 11 is 0. The number of carboxylic acids is 1. The molecule has 144 valence electrons. The Kier molecular flexibility index (Phi) is 6.85. The van der Waals surface area contributed by atoms with Gasteiger partial charge in [-0.2, -0.15) is 0 Å². The number of benzene rings is 1. The molecular formula is C19H28N2O5. The number of carbonyl (C=O) groups is 2. The molecule has 0 radical (unpaired) electrons. The molecule has 0 aromatic heterocycles. The smallest absolute Gasteiger partial charge is 0.307 e. The van der Waals surface area contributed by atoms with E-state index in [0.29, 0.717) is 31.0 Å². The number of rotatable bonds is 7. The molecule has 0 saturated carbocycles. The molecule has 2 rings (SSSR count). The minimum Gasteiger partial charge on any atom is -0.493 e. The summed E-state index contributed by atoms with van der Waals surface area (Å²) in [4.78, 5) is 27.6. The van der Waals surface area contributed by atoms with Crippen LogP contribution in [0.15, 0.2) is 18.2 Å². The number of hydrogen-bond donors (Lipinski definition) is 1. The van der Waals surface area contributed by atoms with E-state index in [2.05, 4.69) is 0 Å². The Hall–Kier alpha value is -2.28. The van der Waals surface area contributed by atoms with Crippen LogP contribution >= 0.6 is 0 Å². The first-order valence-corrected chi connectivity index (χ1v) is 8.80. The van der Waals surface area contributed by atoms with E-state index in [1.54, 1.807) is 26.2 Å². The molecule has 7 nitrogen and oxygen atoms in total. The van der Waals surface area contributed by atoms with Crippen molar-refractivity contribution >= 4 is 11.9 Å². The predicted molar refractivity (Wildman–Crippen MR) is 97.4 cm³/mol. The summed E-state index contributed by atoms with van der Waals surface area (Å²) in [7, 11) is 4.92. The lowest BCUT2D eigenvalue weighted by Crippen LogP contribution is -2.50. The number of nitrogens with zero attached hydrogens (tertiary/aromatic N) is 2. The Labute approximate surface area is 154 Å². The monoisotopic (exact) mass is 364 g/mol. The van der Waals surface area contributed by atoms with Gasteiger partial charge in [-0.15, -0.1) is 0 Å². The molecule has 0 aliphatic carbocycles. The normalized spacial score (nSPS) is 18.8. The van der Waals surface area contributed by atoms with Gasteiger partial charge in [0.1, 0.15) is 0 Å². The summed E-state index contributed by atoms with van der Waals surface area (Å²) in [6.45, 7) is 3.46. The Balaban J connectivity index is 2.01. The second kappa shape index (κ2) is 8.89. The molecule has 1 aromatic carbocycles. The number of piperidine rings is 1. The maximum Gasteiger partial charge on any atom is 0.307 e. The number of methoxy groups -OCH3 is 2. The van der Waals surface area contributed by atoms with Gasteiger partial charge in [0.05, 0.1) is 26.2 Å². The fourth-order valence-corrected chi connectivity index (χ4v) is 3.37. The van der Waals surface area contributed by atoms with E-state index < -0.39 is 11.9 Å². The molecule has 2 unspecified atom stereocenters. The highest BCUT2D eigenvalue weighted by Crippen LogP contribution is 2.28. The SMILES string of the molecule is COc1ccc(CN(C)C(=O)C(C)N2CCCC(C(=O)O)C2)cc1OC. The summed E-state index contributed by atoms with van der Waals surface area (Å²) in [6.07, 6.45) is 1.47. The van der Waals surface area contributed by atoms with Crippen molar-refractivity contribution in [1.29, 1.82) is 0 Å². The van der Waals surface area contributed by atoms with E-state index in [0.717, 1.165) is 18.5 Å². The van der Waals surface area contributed by atoms with Gasteiger partial charge in [0.15, 0.2) is 11.5 Å². The van der Waals surface area contributed by atoms with E-state index in [4.69, 9.17) is 9.47 Å². The first-order chi connectivity index (χ1) is 12.4. The summed E-state index contributed by atoms with van der Waals surface area (Å²) < 4.78 is 10.5. The van der Waals surface area contributed by atoms with Crippen LogP contribution in [-0.4, -0.2) is 67.2 Å². The van der Waals surface area contributed by atoms with Gasteiger partial charge in [0.2, 0.25) is 5.91 Å². The number of hydrogen-bond acceptors (Lipinski definition) is 5. The van der Waals surface area contributed by atoms with Crippen LogP contribution in [0, 0.1) is 5.92 Å². The molecule has 0 bridgehead atoms. The molecule has 7 heteroatoms. The number of likely N-dealkylation sites (tertiary alicyclic amines) is 1. The maximum atomic E-state index is 12.8. The number of amides is 1. The summed E-state index contributed by atoms with van der Waals surface area (Å²) in [5, 5.41) is 9.23. The second-order valence-electron chi connectivity index (χ2n) is 6.73. The van der Waals surface area contributed by atoms with Gasteiger partial charge in [0.25, 0.3) is 0 Å². The van der Waals surface area contributed by atoms with Crippen molar-refractivity contribution < 1.29 is 24.2 Å². The molecule has 1 aliphatic heterocycles. The number of likely N-dealkylation sites (N-methyl/N-ethyl adjacent to an activating group) is 1. The Morgan fingerprint density at radius 2 is 2.00 bits per heavy atom. The number of carboxylic acid groups (broad SMARTS) is 1. The van der Waals surface area contributed by atoms with E-state index in [9.17, 15) is 14.7 Å². The topological polar surface area (TPSA) is 79.3 Å². The molecule has 0 spiro atoms. The Morgan fingerprint density at radius 3 is 2.62 bits per heavy atom. The van der Waals surface area contributed by atoms with Gasteiger partial charge in [-0.3, -0.25) is 14.5 Å². The minimum absolute atomic E-state index is 0.0224. The molecule has 1 saturated heterocycles. The quantitative estimate of drug-likeness (QED) is 0.795. The number of aliphatic carboxylic acids is 1. The van der Waals surface area contributed by atoms with Crippen molar-refractivity contribution in [1.82, 2.24) is 9.80 Å². The molecule has 1 heterocycles. The van der Waals surface area contributed by atoms with Crippen LogP contribution in [-0.2, 0) is 16.1 Å². The standard InChI is InChI=1S/C19H28N2O5/c1-13(21-9-5-6-15(12-21)19(23)24)18(22)20(2)11-14-7-8-16(25-3)17(10-14)26-4/h7-8,10,13,15H,5-6,9,11-12H2,1-4H3,(H,23,24). The van der Waals surface area contributed by atoms with Crippen LogP contribution in [0.2, 0.25) is 0 Å². The van der Waals surface area contributed by atoms with E-state index >= 15 is 0 Å². The van der Waals surface area contributed by atoms with Crippen LogP contribution < -0.4 is 9.47 Å². The maximum absolute atomic E-state index is 12.8. The van der Waals surface area contributed by atoms with Gasteiger partial charge in [-0.05, 0) is 44.0 Å². The van der Waals surface area contributed by atoms with Gasteiger partial charge in [-0.25, -0.2) is 0 Å². The molecule has 1 amide bonds.